The minimum absolute atomic E-state index is 0.00823. The summed E-state index contributed by atoms with van der Waals surface area (Å²) >= 11 is 0. The first-order chi connectivity index (χ1) is 18.6. The molecule has 1 aromatic heterocycles. The van der Waals surface area contributed by atoms with E-state index in [9.17, 15) is 9.90 Å². The Balaban J connectivity index is 1.52. The highest BCUT2D eigenvalue weighted by molar-refractivity contribution is 5.85. The SMILES string of the molecule is COc1ccc(-c2oc3cc(OCc4ccccc4)c(OC)cc3c(=O)c2O)cc1OCc1ccccc1. The molecule has 0 unspecified atom stereocenters. The van der Waals surface area contributed by atoms with E-state index < -0.39 is 11.2 Å². The van der Waals surface area contributed by atoms with E-state index in [-0.39, 0.29) is 16.7 Å². The Bertz CT molecular complexity index is 1610. The molecule has 1 N–H and O–H groups in total. The molecule has 0 bridgehead atoms. The second-order valence-corrected chi connectivity index (χ2v) is 8.52. The molecular formula is C31H26O7. The highest BCUT2D eigenvalue weighted by Crippen LogP contribution is 2.39. The van der Waals surface area contributed by atoms with Crippen LogP contribution in [0, 0.1) is 0 Å². The van der Waals surface area contributed by atoms with E-state index in [1.807, 2.05) is 60.7 Å². The molecule has 0 spiro atoms. The molecule has 5 aromatic rings. The van der Waals surface area contributed by atoms with E-state index in [0.29, 0.717) is 41.8 Å². The summed E-state index contributed by atoms with van der Waals surface area (Å²) in [5.74, 6) is 1.20. The standard InChI is InChI=1S/C31H26O7/c1-34-24-14-13-22(15-27(24)36-18-20-9-5-3-6-10-20)31-30(33)29(32)23-16-26(35-2)28(17-25(23)38-31)37-19-21-11-7-4-8-12-21/h3-17,33H,18-19H2,1-2H3. The summed E-state index contributed by atoms with van der Waals surface area (Å²) in [6.07, 6.45) is 0. The summed E-state index contributed by atoms with van der Waals surface area (Å²) < 4.78 is 28.9. The zero-order chi connectivity index (χ0) is 26.5. The third-order valence-electron chi connectivity index (χ3n) is 6.05. The Kier molecular flexibility index (Phi) is 7.17. The Morgan fingerprint density at radius 1 is 0.684 bits per heavy atom. The van der Waals surface area contributed by atoms with Gasteiger partial charge in [-0.1, -0.05) is 60.7 Å². The first kappa shape index (κ1) is 24.8. The van der Waals surface area contributed by atoms with Crippen molar-refractivity contribution in [3.05, 3.63) is 112 Å². The van der Waals surface area contributed by atoms with Gasteiger partial charge in [0.15, 0.2) is 28.8 Å². The normalized spacial score (nSPS) is 10.8. The molecule has 38 heavy (non-hydrogen) atoms. The summed E-state index contributed by atoms with van der Waals surface area (Å²) in [6, 6.07) is 27.5. The van der Waals surface area contributed by atoms with Crippen LogP contribution in [0.2, 0.25) is 0 Å². The molecule has 5 rings (SSSR count). The predicted molar refractivity (Wildman–Crippen MR) is 144 cm³/mol. The smallest absolute Gasteiger partial charge is 0.235 e. The molecule has 0 fully saturated rings. The number of methoxy groups -OCH3 is 2. The van der Waals surface area contributed by atoms with Crippen molar-refractivity contribution >= 4 is 11.0 Å². The molecule has 0 aliphatic rings. The van der Waals surface area contributed by atoms with Gasteiger partial charge in [-0.25, -0.2) is 0 Å². The second kappa shape index (κ2) is 11.0. The van der Waals surface area contributed by atoms with Crippen molar-refractivity contribution < 1.29 is 28.5 Å². The van der Waals surface area contributed by atoms with Crippen molar-refractivity contribution in [1.82, 2.24) is 0 Å². The lowest BCUT2D eigenvalue weighted by Gasteiger charge is -2.14. The van der Waals surface area contributed by atoms with Gasteiger partial charge in [-0.15, -0.1) is 0 Å². The van der Waals surface area contributed by atoms with Crippen molar-refractivity contribution in [2.45, 2.75) is 13.2 Å². The van der Waals surface area contributed by atoms with Crippen LogP contribution in [0.15, 0.2) is 100 Å². The molecule has 0 aliphatic carbocycles. The van der Waals surface area contributed by atoms with Crippen molar-refractivity contribution in [3.63, 3.8) is 0 Å². The quantitative estimate of drug-likeness (QED) is 0.248. The summed E-state index contributed by atoms with van der Waals surface area (Å²) in [7, 11) is 3.03. The molecule has 7 heteroatoms. The summed E-state index contributed by atoms with van der Waals surface area (Å²) in [5.41, 5.74) is 2.07. The average molecular weight is 511 g/mol. The van der Waals surface area contributed by atoms with Crippen molar-refractivity contribution in [2.24, 2.45) is 0 Å². The largest absolute Gasteiger partial charge is 0.502 e. The van der Waals surface area contributed by atoms with Gasteiger partial charge in [0.05, 0.1) is 19.6 Å². The van der Waals surface area contributed by atoms with Crippen LogP contribution in [0.3, 0.4) is 0 Å². The number of rotatable bonds is 9. The van der Waals surface area contributed by atoms with E-state index in [1.165, 1.54) is 13.2 Å². The number of fused-ring (bicyclic) bond motifs is 1. The first-order valence-electron chi connectivity index (χ1n) is 12.0. The van der Waals surface area contributed by atoms with Crippen LogP contribution < -0.4 is 24.4 Å². The van der Waals surface area contributed by atoms with Gasteiger partial charge in [-0.05, 0) is 35.4 Å². The fourth-order valence-electron chi connectivity index (χ4n) is 4.06. The lowest BCUT2D eigenvalue weighted by molar-refractivity contribution is 0.284. The highest BCUT2D eigenvalue weighted by Gasteiger charge is 2.20. The van der Waals surface area contributed by atoms with Crippen LogP contribution >= 0.6 is 0 Å². The number of benzene rings is 4. The van der Waals surface area contributed by atoms with Crippen molar-refractivity contribution in [1.29, 1.82) is 0 Å². The van der Waals surface area contributed by atoms with Gasteiger partial charge >= 0.3 is 0 Å². The highest BCUT2D eigenvalue weighted by atomic mass is 16.5. The van der Waals surface area contributed by atoms with Crippen LogP contribution in [0.25, 0.3) is 22.3 Å². The molecule has 0 amide bonds. The summed E-state index contributed by atoms with van der Waals surface area (Å²) in [5, 5.41) is 11.0. The lowest BCUT2D eigenvalue weighted by Crippen LogP contribution is -2.05. The van der Waals surface area contributed by atoms with E-state index >= 15 is 0 Å². The average Bonchev–Trinajstić information content (AvgIpc) is 2.97. The van der Waals surface area contributed by atoms with Crippen molar-refractivity contribution in [3.8, 4) is 40.1 Å². The van der Waals surface area contributed by atoms with Gasteiger partial charge in [0.2, 0.25) is 11.2 Å². The molecule has 0 radical (unpaired) electrons. The molecule has 0 aliphatic heterocycles. The molecule has 0 saturated heterocycles. The third-order valence-corrected chi connectivity index (χ3v) is 6.05. The fraction of sp³-hybridized carbons (Fsp3) is 0.129. The maximum atomic E-state index is 13.1. The molecular weight excluding hydrogens is 484 g/mol. The summed E-state index contributed by atoms with van der Waals surface area (Å²) in [4.78, 5) is 13.1. The third kappa shape index (κ3) is 5.13. The van der Waals surface area contributed by atoms with E-state index in [0.717, 1.165) is 11.1 Å². The van der Waals surface area contributed by atoms with Crippen LogP contribution in [-0.2, 0) is 13.2 Å². The number of hydrogen-bond donors (Lipinski definition) is 1. The van der Waals surface area contributed by atoms with Gasteiger partial charge < -0.3 is 28.5 Å². The molecule has 0 saturated carbocycles. The molecule has 192 valence electrons. The van der Waals surface area contributed by atoms with Crippen LogP contribution in [-0.4, -0.2) is 19.3 Å². The Morgan fingerprint density at radius 2 is 1.26 bits per heavy atom. The lowest BCUT2D eigenvalue weighted by atomic mass is 10.1. The van der Waals surface area contributed by atoms with Crippen molar-refractivity contribution in [2.75, 3.05) is 14.2 Å². The topological polar surface area (TPSA) is 87.4 Å². The van der Waals surface area contributed by atoms with Crippen LogP contribution in [0.1, 0.15) is 11.1 Å². The second-order valence-electron chi connectivity index (χ2n) is 8.52. The maximum Gasteiger partial charge on any atom is 0.235 e. The van der Waals surface area contributed by atoms with E-state index in [1.54, 1.807) is 31.4 Å². The number of aromatic hydroxyl groups is 1. The zero-order valence-electron chi connectivity index (χ0n) is 21.0. The Labute approximate surface area is 219 Å². The van der Waals surface area contributed by atoms with Crippen LogP contribution in [0.5, 0.6) is 28.7 Å². The maximum absolute atomic E-state index is 13.1. The molecule has 0 atom stereocenters. The monoisotopic (exact) mass is 510 g/mol. The predicted octanol–water partition coefficient (Wildman–Crippen LogP) is 6.34. The van der Waals surface area contributed by atoms with Gasteiger partial charge in [0, 0.05) is 11.6 Å². The van der Waals surface area contributed by atoms with Gasteiger partial charge in [0.25, 0.3) is 0 Å². The zero-order valence-corrected chi connectivity index (χ0v) is 21.0. The van der Waals surface area contributed by atoms with Crippen LogP contribution in [0.4, 0.5) is 0 Å². The fourth-order valence-corrected chi connectivity index (χ4v) is 4.06. The molecule has 1 heterocycles. The Hall–Kier alpha value is -4.91. The van der Waals surface area contributed by atoms with Gasteiger partial charge in [-0.3, -0.25) is 4.79 Å². The number of ether oxygens (including phenoxy) is 4. The van der Waals surface area contributed by atoms with E-state index in [4.69, 9.17) is 23.4 Å². The minimum atomic E-state index is -0.586. The molecule has 4 aromatic carbocycles. The number of hydrogen-bond acceptors (Lipinski definition) is 7. The minimum Gasteiger partial charge on any atom is -0.502 e. The van der Waals surface area contributed by atoms with Gasteiger partial charge in [0.1, 0.15) is 18.8 Å². The van der Waals surface area contributed by atoms with E-state index in [2.05, 4.69) is 0 Å². The first-order valence-corrected chi connectivity index (χ1v) is 12.0. The Morgan fingerprint density at radius 3 is 1.84 bits per heavy atom. The van der Waals surface area contributed by atoms with Gasteiger partial charge in [-0.2, -0.15) is 0 Å². The summed E-state index contributed by atoms with van der Waals surface area (Å²) in [6.45, 7) is 0.620. The molecule has 7 nitrogen and oxygen atoms in total.